The highest BCUT2D eigenvalue weighted by atomic mass is 16.2. The molecule has 140 valence electrons. The quantitative estimate of drug-likeness (QED) is 0.736. The summed E-state index contributed by atoms with van der Waals surface area (Å²) in [6.45, 7) is 0. The van der Waals surface area contributed by atoms with Gasteiger partial charge in [0.05, 0.1) is 5.69 Å². The van der Waals surface area contributed by atoms with Crippen molar-refractivity contribution in [3.8, 4) is 0 Å². The maximum absolute atomic E-state index is 12.5. The third-order valence-corrected chi connectivity index (χ3v) is 4.11. The Hall–Kier alpha value is -3.62. The summed E-state index contributed by atoms with van der Waals surface area (Å²) in [5.41, 5.74) is 1.53. The second-order valence-electron chi connectivity index (χ2n) is 6.10. The Morgan fingerprint density at radius 3 is 2.48 bits per heavy atom. The van der Waals surface area contributed by atoms with Crippen molar-refractivity contribution in [2.24, 2.45) is 14.1 Å². The summed E-state index contributed by atoms with van der Waals surface area (Å²) in [5, 5.41) is 7.92. The van der Waals surface area contributed by atoms with Crippen LogP contribution in [0.4, 0.5) is 11.5 Å². The van der Waals surface area contributed by atoms with Gasteiger partial charge < -0.3 is 25.1 Å². The molecule has 27 heavy (non-hydrogen) atoms. The number of hydrogen-bond acceptors (Lipinski definition) is 4. The number of nitrogens with one attached hydrogen (secondary N) is 3. The molecular formula is C18H20N6O3. The summed E-state index contributed by atoms with van der Waals surface area (Å²) in [5.74, 6) is -0.502. The van der Waals surface area contributed by atoms with Crippen molar-refractivity contribution in [1.29, 1.82) is 0 Å². The van der Waals surface area contributed by atoms with Gasteiger partial charge in [-0.15, -0.1) is 0 Å². The second-order valence-corrected chi connectivity index (χ2v) is 6.10. The SMILES string of the molecule is CNC(=O)c1nc(NC(=O)c2cc(NC(=O)C3=CC=CC3)cn2C)cn1C. The number of anilines is 2. The van der Waals surface area contributed by atoms with Crippen molar-refractivity contribution in [3.63, 3.8) is 0 Å². The zero-order valence-electron chi connectivity index (χ0n) is 15.2. The largest absolute Gasteiger partial charge is 0.352 e. The van der Waals surface area contributed by atoms with Crippen LogP contribution in [-0.2, 0) is 18.9 Å². The minimum atomic E-state index is -0.402. The van der Waals surface area contributed by atoms with Gasteiger partial charge in [0.15, 0.2) is 5.82 Å². The molecule has 0 atom stereocenters. The van der Waals surface area contributed by atoms with Crippen molar-refractivity contribution in [2.75, 3.05) is 17.7 Å². The highest BCUT2D eigenvalue weighted by Gasteiger charge is 2.18. The van der Waals surface area contributed by atoms with E-state index in [0.29, 0.717) is 23.4 Å². The Bertz CT molecular complexity index is 979. The van der Waals surface area contributed by atoms with Crippen LogP contribution in [0.1, 0.15) is 27.5 Å². The minimum Gasteiger partial charge on any atom is -0.352 e. The molecule has 9 heteroatoms. The van der Waals surface area contributed by atoms with Crippen LogP contribution in [0.3, 0.4) is 0 Å². The fraction of sp³-hybridized carbons (Fsp3) is 0.222. The number of carbonyl (C=O) groups is 3. The molecule has 2 heterocycles. The van der Waals surface area contributed by atoms with Crippen LogP contribution in [-0.4, -0.2) is 38.9 Å². The van der Waals surface area contributed by atoms with E-state index in [4.69, 9.17) is 0 Å². The van der Waals surface area contributed by atoms with Gasteiger partial charge in [-0.3, -0.25) is 14.4 Å². The molecule has 9 nitrogen and oxygen atoms in total. The lowest BCUT2D eigenvalue weighted by molar-refractivity contribution is -0.112. The number of aromatic nitrogens is 3. The van der Waals surface area contributed by atoms with Crippen LogP contribution < -0.4 is 16.0 Å². The fourth-order valence-electron chi connectivity index (χ4n) is 2.72. The van der Waals surface area contributed by atoms with Gasteiger partial charge in [0.1, 0.15) is 5.69 Å². The maximum Gasteiger partial charge on any atom is 0.287 e. The van der Waals surface area contributed by atoms with Crippen molar-refractivity contribution in [1.82, 2.24) is 19.4 Å². The molecule has 3 N–H and O–H groups in total. The second kappa shape index (κ2) is 7.32. The first-order chi connectivity index (χ1) is 12.9. The van der Waals surface area contributed by atoms with E-state index < -0.39 is 5.91 Å². The van der Waals surface area contributed by atoms with E-state index in [2.05, 4.69) is 20.9 Å². The zero-order valence-corrected chi connectivity index (χ0v) is 15.2. The summed E-state index contributed by atoms with van der Waals surface area (Å²) in [7, 11) is 4.87. The number of rotatable bonds is 5. The van der Waals surface area contributed by atoms with E-state index in [0.717, 1.165) is 0 Å². The van der Waals surface area contributed by atoms with E-state index in [9.17, 15) is 14.4 Å². The molecule has 1 aliphatic rings. The van der Waals surface area contributed by atoms with E-state index >= 15 is 0 Å². The van der Waals surface area contributed by atoms with Gasteiger partial charge >= 0.3 is 0 Å². The molecule has 0 spiro atoms. The average molecular weight is 368 g/mol. The summed E-state index contributed by atoms with van der Waals surface area (Å²) in [4.78, 5) is 40.5. The first-order valence-corrected chi connectivity index (χ1v) is 8.29. The molecule has 0 aromatic carbocycles. The van der Waals surface area contributed by atoms with E-state index in [-0.39, 0.29) is 23.5 Å². The van der Waals surface area contributed by atoms with Crippen molar-refractivity contribution >= 4 is 29.2 Å². The number of imidazole rings is 1. The van der Waals surface area contributed by atoms with E-state index in [1.165, 1.54) is 11.6 Å². The Kier molecular flexibility index (Phi) is 4.93. The molecule has 1 aliphatic carbocycles. The molecule has 0 fully saturated rings. The molecule has 0 bridgehead atoms. The highest BCUT2D eigenvalue weighted by molar-refractivity contribution is 6.07. The summed E-state index contributed by atoms with van der Waals surface area (Å²) in [6, 6.07) is 1.58. The smallest absolute Gasteiger partial charge is 0.287 e. The zero-order chi connectivity index (χ0) is 19.6. The predicted octanol–water partition coefficient (Wildman–Crippen LogP) is 1.20. The monoisotopic (exact) mass is 368 g/mol. The minimum absolute atomic E-state index is 0.186. The third kappa shape index (κ3) is 3.81. The number of allylic oxidation sites excluding steroid dienone is 3. The van der Waals surface area contributed by atoms with Gasteiger partial charge in [-0.25, -0.2) is 4.98 Å². The number of amides is 3. The van der Waals surface area contributed by atoms with E-state index in [1.807, 2.05) is 12.2 Å². The van der Waals surface area contributed by atoms with Gasteiger partial charge in [0.2, 0.25) is 5.82 Å². The van der Waals surface area contributed by atoms with Gasteiger partial charge in [0, 0.05) is 39.1 Å². The molecular weight excluding hydrogens is 348 g/mol. The van der Waals surface area contributed by atoms with E-state index in [1.54, 1.807) is 43.2 Å². The number of hydrogen-bond donors (Lipinski definition) is 3. The van der Waals surface area contributed by atoms with Gasteiger partial charge in [0.25, 0.3) is 17.7 Å². The molecule has 0 saturated heterocycles. The van der Waals surface area contributed by atoms with Crippen LogP contribution in [0, 0.1) is 0 Å². The first-order valence-electron chi connectivity index (χ1n) is 8.29. The molecule has 0 unspecified atom stereocenters. The Labute approximate surface area is 155 Å². The van der Waals surface area contributed by atoms with Crippen LogP contribution in [0.25, 0.3) is 0 Å². The van der Waals surface area contributed by atoms with Crippen molar-refractivity contribution in [3.05, 3.63) is 53.8 Å². The molecule has 0 saturated carbocycles. The highest BCUT2D eigenvalue weighted by Crippen LogP contribution is 2.18. The Morgan fingerprint density at radius 2 is 1.81 bits per heavy atom. The lowest BCUT2D eigenvalue weighted by Crippen LogP contribution is -2.21. The Morgan fingerprint density at radius 1 is 1.04 bits per heavy atom. The number of nitrogens with zero attached hydrogens (tertiary/aromatic N) is 3. The lowest BCUT2D eigenvalue weighted by Gasteiger charge is -2.02. The van der Waals surface area contributed by atoms with Crippen LogP contribution in [0.2, 0.25) is 0 Å². The maximum atomic E-state index is 12.5. The lowest BCUT2D eigenvalue weighted by atomic mass is 10.2. The van der Waals surface area contributed by atoms with Crippen LogP contribution in [0.15, 0.2) is 42.3 Å². The molecule has 2 aromatic rings. The van der Waals surface area contributed by atoms with Crippen molar-refractivity contribution in [2.45, 2.75) is 6.42 Å². The summed E-state index contributed by atoms with van der Waals surface area (Å²) >= 11 is 0. The number of carbonyl (C=O) groups excluding carboxylic acids is 3. The number of aryl methyl sites for hydroxylation is 2. The molecule has 3 rings (SSSR count). The third-order valence-electron chi connectivity index (χ3n) is 4.11. The fourth-order valence-corrected chi connectivity index (χ4v) is 2.72. The topological polar surface area (TPSA) is 110 Å². The first kappa shape index (κ1) is 18.2. The molecule has 0 radical (unpaired) electrons. The molecule has 3 amide bonds. The average Bonchev–Trinajstić information content (AvgIpc) is 3.35. The normalized spacial score (nSPS) is 12.6. The standard InChI is InChI=1S/C18H20N6O3/c1-19-18(27)15-21-14(10-24(15)3)22-17(26)13-8-12(9-23(13)2)20-16(25)11-6-4-5-7-11/h4-6,8-10H,7H2,1-3H3,(H,19,27)(H,20,25)(H,22,26). The molecule has 2 aromatic heterocycles. The van der Waals surface area contributed by atoms with Crippen LogP contribution >= 0.6 is 0 Å². The summed E-state index contributed by atoms with van der Waals surface area (Å²) in [6.07, 6.45) is 9.30. The van der Waals surface area contributed by atoms with Gasteiger partial charge in [-0.1, -0.05) is 18.2 Å². The summed E-state index contributed by atoms with van der Waals surface area (Å²) < 4.78 is 3.13. The van der Waals surface area contributed by atoms with Crippen LogP contribution in [0.5, 0.6) is 0 Å². The van der Waals surface area contributed by atoms with Gasteiger partial charge in [-0.05, 0) is 12.5 Å². The Balaban J connectivity index is 1.71. The predicted molar refractivity (Wildman–Crippen MR) is 100 cm³/mol. The van der Waals surface area contributed by atoms with Gasteiger partial charge in [-0.2, -0.15) is 0 Å². The van der Waals surface area contributed by atoms with Crippen molar-refractivity contribution < 1.29 is 14.4 Å². The molecule has 0 aliphatic heterocycles.